The topological polar surface area (TPSA) is 67.6 Å². The Morgan fingerprint density at radius 1 is 1.24 bits per heavy atom. The molecule has 3 aromatic rings. The Bertz CT molecular complexity index is 690. The second kappa shape index (κ2) is 3.55. The van der Waals surface area contributed by atoms with Crippen LogP contribution in [0, 0.1) is 5.82 Å². The number of benzene rings is 1. The first-order valence-corrected chi connectivity index (χ1v) is 5.09. The van der Waals surface area contributed by atoms with E-state index in [9.17, 15) is 4.39 Å². The highest BCUT2D eigenvalue weighted by atomic mass is 19.1. The largest absolute Gasteiger partial charge is 0.397 e. The van der Waals surface area contributed by atoms with E-state index in [-0.39, 0.29) is 0 Å². The van der Waals surface area contributed by atoms with Crippen molar-refractivity contribution in [2.24, 2.45) is 0 Å². The molecule has 0 aliphatic heterocycles. The molecule has 0 bridgehead atoms. The minimum atomic E-state index is -0.393. The fourth-order valence-corrected chi connectivity index (χ4v) is 1.73. The molecule has 0 saturated heterocycles. The molecule has 17 heavy (non-hydrogen) atoms. The first-order chi connectivity index (χ1) is 8.24. The molecule has 0 radical (unpaired) electrons. The summed E-state index contributed by atoms with van der Waals surface area (Å²) in [5.41, 5.74) is 8.51. The summed E-state index contributed by atoms with van der Waals surface area (Å²) in [6, 6.07) is 6.86. The molecular formula is C12H9FN4. The van der Waals surface area contributed by atoms with Crippen molar-refractivity contribution in [1.82, 2.24) is 15.0 Å². The van der Waals surface area contributed by atoms with Crippen LogP contribution in [0.25, 0.3) is 22.4 Å². The van der Waals surface area contributed by atoms with Crippen molar-refractivity contribution >= 4 is 16.7 Å². The highest BCUT2D eigenvalue weighted by molar-refractivity contribution is 5.89. The SMILES string of the molecule is Nc1cccc2[nH]c(-c3cncc(F)c3)nc12. The molecule has 3 N–H and O–H groups in total. The van der Waals surface area contributed by atoms with Crippen molar-refractivity contribution < 1.29 is 4.39 Å². The molecule has 0 amide bonds. The highest BCUT2D eigenvalue weighted by Crippen LogP contribution is 2.23. The van der Waals surface area contributed by atoms with Gasteiger partial charge in [0.25, 0.3) is 0 Å². The zero-order chi connectivity index (χ0) is 11.8. The van der Waals surface area contributed by atoms with Crippen LogP contribution >= 0.6 is 0 Å². The summed E-state index contributed by atoms with van der Waals surface area (Å²) in [6.07, 6.45) is 2.71. The first kappa shape index (κ1) is 9.77. The number of rotatable bonds is 1. The van der Waals surface area contributed by atoms with Crippen molar-refractivity contribution in [3.05, 3.63) is 42.5 Å². The summed E-state index contributed by atoms with van der Waals surface area (Å²) in [6.45, 7) is 0. The molecule has 0 spiro atoms. The summed E-state index contributed by atoms with van der Waals surface area (Å²) < 4.78 is 13.1. The number of aromatic amines is 1. The summed E-state index contributed by atoms with van der Waals surface area (Å²) in [5, 5.41) is 0. The standard InChI is InChI=1S/C12H9FN4/c13-8-4-7(5-15-6-8)12-16-10-3-1-2-9(14)11(10)17-12/h1-6H,14H2,(H,16,17). The van der Waals surface area contributed by atoms with Crippen LogP contribution in [0.1, 0.15) is 0 Å². The van der Waals surface area contributed by atoms with Crippen molar-refractivity contribution in [3.63, 3.8) is 0 Å². The number of nitrogens with two attached hydrogens (primary N) is 1. The van der Waals surface area contributed by atoms with Crippen LogP contribution in [-0.4, -0.2) is 15.0 Å². The van der Waals surface area contributed by atoms with Crippen LogP contribution in [0.2, 0.25) is 0 Å². The maximum atomic E-state index is 13.1. The Hall–Kier alpha value is -2.43. The van der Waals surface area contributed by atoms with Crippen molar-refractivity contribution in [3.8, 4) is 11.4 Å². The van der Waals surface area contributed by atoms with Crippen molar-refractivity contribution in [2.75, 3.05) is 5.73 Å². The Kier molecular flexibility index (Phi) is 2.04. The molecule has 5 heteroatoms. The van der Waals surface area contributed by atoms with Crippen LogP contribution < -0.4 is 5.73 Å². The van der Waals surface area contributed by atoms with Gasteiger partial charge in [0, 0.05) is 11.8 Å². The van der Waals surface area contributed by atoms with E-state index in [0.717, 1.165) is 11.7 Å². The molecule has 3 rings (SSSR count). The predicted octanol–water partition coefficient (Wildman–Crippen LogP) is 2.35. The van der Waals surface area contributed by atoms with E-state index < -0.39 is 5.82 Å². The maximum absolute atomic E-state index is 13.1. The summed E-state index contributed by atoms with van der Waals surface area (Å²) in [5.74, 6) is 0.167. The summed E-state index contributed by atoms with van der Waals surface area (Å²) in [7, 11) is 0. The van der Waals surface area contributed by atoms with Gasteiger partial charge in [0.05, 0.1) is 17.4 Å². The smallest absolute Gasteiger partial charge is 0.142 e. The molecule has 1 aromatic carbocycles. The third kappa shape index (κ3) is 1.61. The number of hydrogen-bond donors (Lipinski definition) is 2. The molecule has 2 heterocycles. The molecule has 0 saturated carbocycles. The lowest BCUT2D eigenvalue weighted by molar-refractivity contribution is 0.622. The third-order valence-corrected chi connectivity index (χ3v) is 2.52. The molecule has 0 fully saturated rings. The number of pyridine rings is 1. The van der Waals surface area contributed by atoms with Crippen LogP contribution in [0.15, 0.2) is 36.7 Å². The van der Waals surface area contributed by atoms with Gasteiger partial charge < -0.3 is 10.7 Å². The van der Waals surface area contributed by atoms with Gasteiger partial charge in [0.15, 0.2) is 0 Å². The monoisotopic (exact) mass is 228 g/mol. The zero-order valence-corrected chi connectivity index (χ0v) is 8.81. The van der Waals surface area contributed by atoms with Gasteiger partial charge in [0.2, 0.25) is 0 Å². The molecular weight excluding hydrogens is 219 g/mol. The normalized spacial score (nSPS) is 10.9. The fourth-order valence-electron chi connectivity index (χ4n) is 1.73. The van der Waals surface area contributed by atoms with Crippen LogP contribution in [0.3, 0.4) is 0 Å². The molecule has 84 valence electrons. The Morgan fingerprint density at radius 2 is 2.12 bits per heavy atom. The fraction of sp³-hybridized carbons (Fsp3) is 0. The third-order valence-electron chi connectivity index (χ3n) is 2.52. The number of aromatic nitrogens is 3. The van der Waals surface area contributed by atoms with Gasteiger partial charge in [-0.1, -0.05) is 6.07 Å². The van der Waals surface area contributed by atoms with Gasteiger partial charge in [-0.05, 0) is 18.2 Å². The zero-order valence-electron chi connectivity index (χ0n) is 8.81. The second-order valence-electron chi connectivity index (χ2n) is 3.72. The molecule has 0 atom stereocenters. The van der Waals surface area contributed by atoms with Crippen LogP contribution in [0.4, 0.5) is 10.1 Å². The number of H-pyrrole nitrogens is 1. The van der Waals surface area contributed by atoms with E-state index in [2.05, 4.69) is 15.0 Å². The number of imidazole rings is 1. The summed E-state index contributed by atoms with van der Waals surface area (Å²) >= 11 is 0. The van der Waals surface area contributed by atoms with Gasteiger partial charge in [-0.2, -0.15) is 0 Å². The Labute approximate surface area is 96.3 Å². The van der Waals surface area contributed by atoms with E-state index in [0.29, 0.717) is 22.6 Å². The van der Waals surface area contributed by atoms with Gasteiger partial charge in [-0.15, -0.1) is 0 Å². The Morgan fingerprint density at radius 3 is 2.88 bits per heavy atom. The maximum Gasteiger partial charge on any atom is 0.142 e. The number of nitrogens with one attached hydrogen (secondary N) is 1. The lowest BCUT2D eigenvalue weighted by Gasteiger charge is -1.94. The number of hydrogen-bond acceptors (Lipinski definition) is 3. The van der Waals surface area contributed by atoms with Crippen LogP contribution in [-0.2, 0) is 0 Å². The lowest BCUT2D eigenvalue weighted by atomic mass is 10.3. The number of nitrogens with zero attached hydrogens (tertiary/aromatic N) is 2. The van der Waals surface area contributed by atoms with E-state index in [4.69, 9.17) is 5.73 Å². The van der Waals surface area contributed by atoms with E-state index in [1.807, 2.05) is 12.1 Å². The molecule has 0 aliphatic rings. The average molecular weight is 228 g/mol. The minimum Gasteiger partial charge on any atom is -0.397 e. The molecule has 0 unspecified atom stereocenters. The second-order valence-corrected chi connectivity index (χ2v) is 3.72. The van der Waals surface area contributed by atoms with Gasteiger partial charge in [-0.3, -0.25) is 4.98 Å². The van der Waals surface area contributed by atoms with E-state index in [1.54, 1.807) is 12.3 Å². The number of para-hydroxylation sites is 1. The van der Waals surface area contributed by atoms with Gasteiger partial charge >= 0.3 is 0 Å². The van der Waals surface area contributed by atoms with Gasteiger partial charge in [-0.25, -0.2) is 9.37 Å². The van der Waals surface area contributed by atoms with E-state index in [1.165, 1.54) is 6.07 Å². The van der Waals surface area contributed by atoms with E-state index >= 15 is 0 Å². The molecule has 4 nitrogen and oxygen atoms in total. The number of anilines is 1. The molecule has 2 aromatic heterocycles. The average Bonchev–Trinajstić information content (AvgIpc) is 2.74. The quantitative estimate of drug-likeness (QED) is 0.628. The Balaban J connectivity index is 2.22. The van der Waals surface area contributed by atoms with Gasteiger partial charge in [0.1, 0.15) is 17.2 Å². The van der Waals surface area contributed by atoms with Crippen molar-refractivity contribution in [2.45, 2.75) is 0 Å². The highest BCUT2D eigenvalue weighted by Gasteiger charge is 2.08. The van der Waals surface area contributed by atoms with Crippen LogP contribution in [0.5, 0.6) is 0 Å². The molecule has 0 aliphatic carbocycles. The minimum absolute atomic E-state index is 0.393. The van der Waals surface area contributed by atoms with Crippen molar-refractivity contribution in [1.29, 1.82) is 0 Å². The first-order valence-electron chi connectivity index (χ1n) is 5.09. The number of nitrogen functional groups attached to an aromatic ring is 1. The predicted molar refractivity (Wildman–Crippen MR) is 63.7 cm³/mol. The number of halogens is 1. The summed E-state index contributed by atoms with van der Waals surface area (Å²) in [4.78, 5) is 11.2. The lowest BCUT2D eigenvalue weighted by Crippen LogP contribution is -1.86. The number of fused-ring (bicyclic) bond motifs is 1.